The Morgan fingerprint density at radius 1 is 1.03 bits per heavy atom. The fourth-order valence-electron chi connectivity index (χ4n) is 3.81. The highest BCUT2D eigenvalue weighted by atomic mass is 19.3. The highest BCUT2D eigenvalue weighted by molar-refractivity contribution is 5.87. The van der Waals surface area contributed by atoms with Crippen LogP contribution < -0.4 is 9.47 Å². The van der Waals surface area contributed by atoms with Crippen LogP contribution in [0.5, 0.6) is 11.5 Å². The van der Waals surface area contributed by atoms with E-state index in [0.717, 1.165) is 42.9 Å². The Labute approximate surface area is 168 Å². The molecule has 0 bridgehead atoms. The van der Waals surface area contributed by atoms with Gasteiger partial charge in [-0.05, 0) is 54.1 Å². The average molecular weight is 404 g/mol. The predicted octanol–water partition coefficient (Wildman–Crippen LogP) is 3.87. The van der Waals surface area contributed by atoms with E-state index in [1.807, 2.05) is 0 Å². The molecule has 4 rings (SSSR count). The summed E-state index contributed by atoms with van der Waals surface area (Å²) in [7, 11) is 2.10. The fraction of sp³-hybridized carbons (Fsp3) is 0.364. The normalized spacial score (nSPS) is 18.0. The molecule has 7 heteroatoms. The highest BCUT2D eigenvalue weighted by Crippen LogP contribution is 2.40. The van der Waals surface area contributed by atoms with E-state index in [2.05, 4.69) is 21.6 Å². The maximum Gasteiger partial charge on any atom is 0.387 e. The van der Waals surface area contributed by atoms with Crippen LogP contribution in [0, 0.1) is 5.82 Å². The van der Waals surface area contributed by atoms with Gasteiger partial charge < -0.3 is 14.4 Å². The van der Waals surface area contributed by atoms with Gasteiger partial charge in [0.25, 0.3) is 0 Å². The Kier molecular flexibility index (Phi) is 5.78. The first-order chi connectivity index (χ1) is 14.0. The van der Waals surface area contributed by atoms with Crippen molar-refractivity contribution in [2.45, 2.75) is 6.61 Å². The molecule has 0 radical (unpaired) electrons. The number of halogens is 3. The summed E-state index contributed by atoms with van der Waals surface area (Å²) in [5.41, 5.74) is 3.45. The Balaban J connectivity index is 1.74. The van der Waals surface area contributed by atoms with Crippen molar-refractivity contribution in [3.8, 4) is 11.5 Å². The van der Waals surface area contributed by atoms with E-state index in [9.17, 15) is 13.2 Å². The molecule has 0 saturated carbocycles. The molecule has 0 N–H and O–H groups in total. The van der Waals surface area contributed by atoms with Gasteiger partial charge in [0.1, 0.15) is 23.9 Å². The molecule has 0 atom stereocenters. The largest absolute Gasteiger partial charge is 0.489 e. The van der Waals surface area contributed by atoms with E-state index in [4.69, 9.17) is 4.74 Å². The van der Waals surface area contributed by atoms with Gasteiger partial charge in [0, 0.05) is 38.3 Å². The van der Waals surface area contributed by atoms with Crippen LogP contribution in [-0.4, -0.2) is 62.8 Å². The summed E-state index contributed by atoms with van der Waals surface area (Å²) in [4.78, 5) is 4.64. The van der Waals surface area contributed by atoms with Gasteiger partial charge in [-0.25, -0.2) is 4.39 Å². The molecule has 2 heterocycles. The van der Waals surface area contributed by atoms with Crippen molar-refractivity contribution in [2.24, 2.45) is 0 Å². The second-order valence-electron chi connectivity index (χ2n) is 7.39. The zero-order valence-corrected chi connectivity index (χ0v) is 16.2. The molecule has 0 aromatic heterocycles. The van der Waals surface area contributed by atoms with Crippen molar-refractivity contribution in [2.75, 3.05) is 46.4 Å². The maximum absolute atomic E-state index is 13.5. The molecule has 0 spiro atoms. The molecule has 0 aliphatic carbocycles. The van der Waals surface area contributed by atoms with E-state index in [-0.39, 0.29) is 11.6 Å². The lowest BCUT2D eigenvalue weighted by atomic mass is 9.90. The fourth-order valence-corrected chi connectivity index (χ4v) is 3.81. The monoisotopic (exact) mass is 404 g/mol. The minimum Gasteiger partial charge on any atom is -0.489 e. The Bertz CT molecular complexity index is 891. The zero-order valence-electron chi connectivity index (χ0n) is 16.2. The lowest BCUT2D eigenvalue weighted by molar-refractivity contribution is -0.0498. The number of alkyl halides is 2. The number of benzene rings is 2. The molecular formula is C22H23F3N2O2. The third kappa shape index (κ3) is 4.57. The zero-order chi connectivity index (χ0) is 20.4. The van der Waals surface area contributed by atoms with Gasteiger partial charge in [0.2, 0.25) is 0 Å². The molecule has 1 saturated heterocycles. The van der Waals surface area contributed by atoms with Gasteiger partial charge in [-0.1, -0.05) is 12.1 Å². The van der Waals surface area contributed by atoms with Crippen LogP contribution in [0.1, 0.15) is 11.1 Å². The van der Waals surface area contributed by atoms with Crippen molar-refractivity contribution in [3.63, 3.8) is 0 Å². The average Bonchev–Trinajstić information content (AvgIpc) is 2.70. The Morgan fingerprint density at radius 3 is 2.45 bits per heavy atom. The third-order valence-corrected chi connectivity index (χ3v) is 5.34. The second kappa shape index (κ2) is 8.47. The molecule has 2 aliphatic heterocycles. The first-order valence-electron chi connectivity index (χ1n) is 9.60. The van der Waals surface area contributed by atoms with Gasteiger partial charge in [-0.15, -0.1) is 0 Å². The van der Waals surface area contributed by atoms with Crippen LogP contribution in [-0.2, 0) is 0 Å². The van der Waals surface area contributed by atoms with E-state index in [1.54, 1.807) is 24.3 Å². The lowest BCUT2D eigenvalue weighted by Crippen LogP contribution is -2.45. The number of ether oxygens (including phenoxy) is 2. The molecule has 0 unspecified atom stereocenters. The summed E-state index contributed by atoms with van der Waals surface area (Å²) >= 11 is 0. The van der Waals surface area contributed by atoms with Gasteiger partial charge in [-0.3, -0.25) is 4.90 Å². The van der Waals surface area contributed by atoms with Crippen molar-refractivity contribution < 1.29 is 22.6 Å². The SMILES string of the molecule is CN1CCN(CC2=C(c3ccc(F)cc3)c3cc(OC(F)F)ccc3OC2)CC1. The van der Waals surface area contributed by atoms with Gasteiger partial charge in [-0.2, -0.15) is 8.78 Å². The maximum atomic E-state index is 13.5. The molecular weight excluding hydrogens is 381 g/mol. The van der Waals surface area contributed by atoms with Crippen molar-refractivity contribution in [3.05, 3.63) is 65.0 Å². The standard InChI is InChI=1S/C22H23F3N2O2/c1-26-8-10-27(11-9-26)13-16-14-28-20-7-6-18(29-22(24)25)12-19(20)21(16)15-2-4-17(23)5-3-15/h2-7,12,22H,8-11,13-14H2,1H3. The van der Waals surface area contributed by atoms with Crippen LogP contribution >= 0.6 is 0 Å². The number of piperazine rings is 1. The molecule has 2 aromatic carbocycles. The van der Waals surface area contributed by atoms with Crippen LogP contribution in [0.4, 0.5) is 13.2 Å². The summed E-state index contributed by atoms with van der Waals surface area (Å²) in [5, 5.41) is 0. The van der Waals surface area contributed by atoms with E-state index < -0.39 is 6.61 Å². The molecule has 29 heavy (non-hydrogen) atoms. The third-order valence-electron chi connectivity index (χ3n) is 5.34. The van der Waals surface area contributed by atoms with Crippen LogP contribution in [0.2, 0.25) is 0 Å². The van der Waals surface area contributed by atoms with E-state index in [1.165, 1.54) is 18.2 Å². The minimum absolute atomic E-state index is 0.0720. The number of rotatable bonds is 5. The minimum atomic E-state index is -2.90. The summed E-state index contributed by atoms with van der Waals surface area (Å²) in [5.74, 6) is 0.355. The van der Waals surface area contributed by atoms with Gasteiger partial charge in [0.15, 0.2) is 0 Å². The number of hydrogen-bond donors (Lipinski definition) is 0. The first-order valence-corrected chi connectivity index (χ1v) is 9.60. The molecule has 4 nitrogen and oxygen atoms in total. The topological polar surface area (TPSA) is 24.9 Å². The van der Waals surface area contributed by atoms with Gasteiger partial charge >= 0.3 is 6.61 Å². The van der Waals surface area contributed by atoms with Crippen LogP contribution in [0.3, 0.4) is 0 Å². The number of nitrogens with zero attached hydrogens (tertiary/aromatic N) is 2. The van der Waals surface area contributed by atoms with Crippen molar-refractivity contribution >= 4 is 5.57 Å². The van der Waals surface area contributed by atoms with Crippen LogP contribution in [0.15, 0.2) is 48.0 Å². The Morgan fingerprint density at radius 2 is 1.76 bits per heavy atom. The quantitative estimate of drug-likeness (QED) is 0.756. The van der Waals surface area contributed by atoms with E-state index >= 15 is 0 Å². The Hall–Kier alpha value is -2.51. The van der Waals surface area contributed by atoms with Crippen molar-refractivity contribution in [1.82, 2.24) is 9.80 Å². The molecule has 1 fully saturated rings. The molecule has 154 valence electrons. The number of hydrogen-bond acceptors (Lipinski definition) is 4. The highest BCUT2D eigenvalue weighted by Gasteiger charge is 2.25. The lowest BCUT2D eigenvalue weighted by Gasteiger charge is -2.34. The summed E-state index contributed by atoms with van der Waals surface area (Å²) in [6.07, 6.45) is 0. The number of fused-ring (bicyclic) bond motifs is 1. The number of likely N-dealkylation sites (N-methyl/N-ethyl adjacent to an activating group) is 1. The van der Waals surface area contributed by atoms with E-state index in [0.29, 0.717) is 24.5 Å². The summed E-state index contributed by atoms with van der Waals surface area (Å²) in [6.45, 7) is 2.07. The smallest absolute Gasteiger partial charge is 0.387 e. The summed E-state index contributed by atoms with van der Waals surface area (Å²) in [6, 6.07) is 10.9. The van der Waals surface area contributed by atoms with Gasteiger partial charge in [0.05, 0.1) is 0 Å². The molecule has 2 aromatic rings. The summed E-state index contributed by atoms with van der Waals surface area (Å²) < 4.78 is 49.5. The van der Waals surface area contributed by atoms with Crippen molar-refractivity contribution in [1.29, 1.82) is 0 Å². The predicted molar refractivity (Wildman–Crippen MR) is 105 cm³/mol. The van der Waals surface area contributed by atoms with Crippen LogP contribution in [0.25, 0.3) is 5.57 Å². The first kappa shape index (κ1) is 19.8. The molecule has 0 amide bonds. The second-order valence-corrected chi connectivity index (χ2v) is 7.39. The molecule has 2 aliphatic rings.